The highest BCUT2D eigenvalue weighted by molar-refractivity contribution is 5.56. The summed E-state index contributed by atoms with van der Waals surface area (Å²) in [5.41, 5.74) is 6.42. The van der Waals surface area contributed by atoms with Crippen molar-refractivity contribution >= 4 is 17.3 Å². The Morgan fingerprint density at radius 1 is 1.00 bits per heavy atom. The molecule has 0 amide bonds. The van der Waals surface area contributed by atoms with Crippen LogP contribution in [0.25, 0.3) is 0 Å². The Balaban J connectivity index is 1.70. The summed E-state index contributed by atoms with van der Waals surface area (Å²) < 4.78 is 0. The molecule has 0 spiro atoms. The molecule has 1 aliphatic rings. The smallest absolute Gasteiger partial charge is 0.165 e. The number of aromatic nitrogens is 2. The summed E-state index contributed by atoms with van der Waals surface area (Å²) in [6.45, 7) is 3.45. The van der Waals surface area contributed by atoms with Gasteiger partial charge in [0.2, 0.25) is 0 Å². The normalized spacial score (nSPS) is 14.8. The van der Waals surface area contributed by atoms with Gasteiger partial charge in [-0.3, -0.25) is 0 Å². The van der Waals surface area contributed by atoms with Gasteiger partial charge in [0.1, 0.15) is 17.7 Å². The van der Waals surface area contributed by atoms with Crippen molar-refractivity contribution in [2.45, 2.75) is 0 Å². The molecule has 6 nitrogen and oxygen atoms in total. The molecule has 0 atom stereocenters. The topological polar surface area (TPSA) is 82.1 Å². The second-order valence-corrected chi connectivity index (χ2v) is 4.88. The average molecular weight is 280 g/mol. The predicted octanol–water partition coefficient (Wildman–Crippen LogP) is 1.26. The molecule has 0 saturated carbocycles. The number of rotatable bonds is 2. The van der Waals surface area contributed by atoms with E-state index >= 15 is 0 Å². The van der Waals surface area contributed by atoms with Crippen LogP contribution in [0, 0.1) is 11.3 Å². The summed E-state index contributed by atoms with van der Waals surface area (Å²) in [7, 11) is 0. The van der Waals surface area contributed by atoms with E-state index < -0.39 is 0 Å². The molecule has 3 rings (SSSR count). The quantitative estimate of drug-likeness (QED) is 0.891. The summed E-state index contributed by atoms with van der Waals surface area (Å²) in [5.74, 6) is 1.81. The Kier molecular flexibility index (Phi) is 3.56. The zero-order chi connectivity index (χ0) is 14.7. The van der Waals surface area contributed by atoms with E-state index in [0.717, 1.165) is 37.8 Å². The summed E-state index contributed by atoms with van der Waals surface area (Å²) in [5, 5.41) is 9.00. The third-order valence-electron chi connectivity index (χ3n) is 3.59. The molecule has 0 aromatic carbocycles. The molecule has 2 aromatic heterocycles. The molecule has 1 saturated heterocycles. The van der Waals surface area contributed by atoms with Crippen molar-refractivity contribution in [2.75, 3.05) is 41.7 Å². The van der Waals surface area contributed by atoms with Crippen molar-refractivity contribution in [3.8, 4) is 6.07 Å². The van der Waals surface area contributed by atoms with Crippen LogP contribution >= 0.6 is 0 Å². The molecule has 0 unspecified atom stereocenters. The van der Waals surface area contributed by atoms with Crippen molar-refractivity contribution in [2.24, 2.45) is 0 Å². The highest BCUT2D eigenvalue weighted by Gasteiger charge is 2.19. The molecule has 3 heterocycles. The molecule has 2 aromatic rings. The van der Waals surface area contributed by atoms with Gasteiger partial charge in [-0.2, -0.15) is 5.26 Å². The van der Waals surface area contributed by atoms with Crippen LogP contribution in [-0.2, 0) is 0 Å². The summed E-state index contributed by atoms with van der Waals surface area (Å²) in [4.78, 5) is 13.1. The molecule has 0 bridgehead atoms. The van der Waals surface area contributed by atoms with E-state index in [9.17, 15) is 0 Å². The fourth-order valence-corrected chi connectivity index (χ4v) is 2.43. The molecule has 1 fully saturated rings. The second kappa shape index (κ2) is 5.67. The first-order chi connectivity index (χ1) is 10.3. The maximum atomic E-state index is 9.00. The van der Waals surface area contributed by atoms with E-state index in [4.69, 9.17) is 11.0 Å². The minimum Gasteiger partial charge on any atom is -0.396 e. The summed E-state index contributed by atoms with van der Waals surface area (Å²) in [6, 6.07) is 11.6. The SMILES string of the molecule is N#Cc1nc(N2CCN(c3ccccn3)CC2)ccc1N. The van der Waals surface area contributed by atoms with Crippen LogP contribution in [-0.4, -0.2) is 36.1 Å². The number of hydrogen-bond acceptors (Lipinski definition) is 6. The van der Waals surface area contributed by atoms with Crippen molar-refractivity contribution in [1.82, 2.24) is 9.97 Å². The standard InChI is InChI=1S/C15H16N6/c16-11-13-12(17)4-5-15(19-13)21-9-7-20(8-10-21)14-3-1-2-6-18-14/h1-6H,7-10,17H2. The Hall–Kier alpha value is -2.81. The van der Waals surface area contributed by atoms with Crippen LogP contribution < -0.4 is 15.5 Å². The minimum atomic E-state index is 0.291. The Morgan fingerprint density at radius 3 is 2.33 bits per heavy atom. The summed E-state index contributed by atoms with van der Waals surface area (Å²) in [6.07, 6.45) is 1.81. The van der Waals surface area contributed by atoms with Crippen molar-refractivity contribution in [3.63, 3.8) is 0 Å². The van der Waals surface area contributed by atoms with Crippen LogP contribution in [0.1, 0.15) is 5.69 Å². The number of pyridine rings is 2. The third kappa shape index (κ3) is 2.72. The van der Waals surface area contributed by atoms with Crippen LogP contribution in [0.4, 0.5) is 17.3 Å². The number of nitrogen functional groups attached to an aromatic ring is 1. The van der Waals surface area contributed by atoms with Gasteiger partial charge in [0.25, 0.3) is 0 Å². The Labute approximate surface area is 123 Å². The lowest BCUT2D eigenvalue weighted by Gasteiger charge is -2.36. The van der Waals surface area contributed by atoms with Gasteiger partial charge in [-0.1, -0.05) is 6.07 Å². The number of nitriles is 1. The number of nitrogens with two attached hydrogens (primary N) is 1. The van der Waals surface area contributed by atoms with Crippen molar-refractivity contribution < 1.29 is 0 Å². The molecule has 0 radical (unpaired) electrons. The lowest BCUT2D eigenvalue weighted by Crippen LogP contribution is -2.47. The lowest BCUT2D eigenvalue weighted by atomic mass is 10.2. The van der Waals surface area contributed by atoms with Gasteiger partial charge in [0.15, 0.2) is 5.69 Å². The van der Waals surface area contributed by atoms with Gasteiger partial charge in [-0.15, -0.1) is 0 Å². The molecular weight excluding hydrogens is 264 g/mol. The maximum absolute atomic E-state index is 9.00. The van der Waals surface area contributed by atoms with Crippen LogP contribution in [0.15, 0.2) is 36.5 Å². The largest absolute Gasteiger partial charge is 0.396 e. The van der Waals surface area contributed by atoms with Crippen molar-refractivity contribution in [1.29, 1.82) is 5.26 Å². The number of nitrogens with zero attached hydrogens (tertiary/aromatic N) is 5. The summed E-state index contributed by atoms with van der Waals surface area (Å²) >= 11 is 0. The zero-order valence-electron chi connectivity index (χ0n) is 11.6. The molecule has 6 heteroatoms. The fraction of sp³-hybridized carbons (Fsp3) is 0.267. The number of piperazine rings is 1. The third-order valence-corrected chi connectivity index (χ3v) is 3.59. The van der Waals surface area contributed by atoms with Gasteiger partial charge >= 0.3 is 0 Å². The van der Waals surface area contributed by atoms with E-state index in [2.05, 4.69) is 19.8 Å². The van der Waals surface area contributed by atoms with E-state index in [1.807, 2.05) is 36.5 Å². The van der Waals surface area contributed by atoms with Gasteiger partial charge in [0.05, 0.1) is 5.69 Å². The van der Waals surface area contributed by atoms with Gasteiger partial charge in [-0.25, -0.2) is 9.97 Å². The zero-order valence-corrected chi connectivity index (χ0v) is 11.6. The van der Waals surface area contributed by atoms with Crippen LogP contribution in [0.3, 0.4) is 0 Å². The second-order valence-electron chi connectivity index (χ2n) is 4.88. The molecular formula is C15H16N6. The first-order valence-electron chi connectivity index (χ1n) is 6.85. The average Bonchev–Trinajstić information content (AvgIpc) is 2.56. The molecule has 1 aliphatic heterocycles. The van der Waals surface area contributed by atoms with E-state index in [1.54, 1.807) is 6.07 Å². The maximum Gasteiger partial charge on any atom is 0.165 e. The minimum absolute atomic E-state index is 0.291. The molecule has 106 valence electrons. The van der Waals surface area contributed by atoms with E-state index in [1.165, 1.54) is 0 Å². The van der Waals surface area contributed by atoms with Gasteiger partial charge < -0.3 is 15.5 Å². The predicted molar refractivity (Wildman–Crippen MR) is 82.0 cm³/mol. The highest BCUT2D eigenvalue weighted by atomic mass is 15.3. The first kappa shape index (κ1) is 13.2. The highest BCUT2D eigenvalue weighted by Crippen LogP contribution is 2.19. The van der Waals surface area contributed by atoms with Crippen LogP contribution in [0.5, 0.6) is 0 Å². The molecule has 2 N–H and O–H groups in total. The number of hydrogen-bond donors (Lipinski definition) is 1. The monoisotopic (exact) mass is 280 g/mol. The van der Waals surface area contributed by atoms with Crippen LogP contribution in [0.2, 0.25) is 0 Å². The number of anilines is 3. The van der Waals surface area contributed by atoms with E-state index in [0.29, 0.717) is 11.4 Å². The molecule has 0 aliphatic carbocycles. The first-order valence-corrected chi connectivity index (χ1v) is 6.85. The molecule has 21 heavy (non-hydrogen) atoms. The Morgan fingerprint density at radius 2 is 1.71 bits per heavy atom. The van der Waals surface area contributed by atoms with E-state index in [-0.39, 0.29) is 0 Å². The van der Waals surface area contributed by atoms with Gasteiger partial charge in [-0.05, 0) is 24.3 Å². The lowest BCUT2D eigenvalue weighted by molar-refractivity contribution is 0.641. The van der Waals surface area contributed by atoms with Gasteiger partial charge in [0, 0.05) is 32.4 Å². The Bertz CT molecular complexity index is 656. The fourth-order valence-electron chi connectivity index (χ4n) is 2.43. The van der Waals surface area contributed by atoms with Crippen molar-refractivity contribution in [3.05, 3.63) is 42.2 Å².